The van der Waals surface area contributed by atoms with E-state index in [-0.39, 0.29) is 0 Å². The van der Waals surface area contributed by atoms with Gasteiger partial charge < -0.3 is 5.11 Å². The zero-order valence-electron chi connectivity index (χ0n) is 11.9. The van der Waals surface area contributed by atoms with Crippen molar-refractivity contribution in [2.24, 2.45) is 0 Å². The quantitative estimate of drug-likeness (QED) is 0.669. The second-order valence-corrected chi connectivity index (χ2v) is 5.66. The summed E-state index contributed by atoms with van der Waals surface area (Å²) in [6.45, 7) is 1.87. The molecule has 0 bridgehead atoms. The van der Waals surface area contributed by atoms with Crippen molar-refractivity contribution in [3.05, 3.63) is 90.5 Å². The van der Waals surface area contributed by atoms with Gasteiger partial charge in [-0.2, -0.15) is 0 Å². The molecule has 1 N–H and O–H groups in total. The lowest BCUT2D eigenvalue weighted by Gasteiger charge is -1.99. The highest BCUT2D eigenvalue weighted by molar-refractivity contribution is 7.99. The maximum Gasteiger partial charge on any atom is 0.118 e. The Morgan fingerprint density at radius 2 is 1.05 bits per heavy atom. The highest BCUT2D eigenvalue weighted by Gasteiger charge is 1.93. The number of aryl methyl sites for hydroxylation is 1. The zero-order valence-corrected chi connectivity index (χ0v) is 12.8. The lowest BCUT2D eigenvalue weighted by Crippen LogP contribution is -1.70. The summed E-state index contributed by atoms with van der Waals surface area (Å²) in [5.41, 5.74) is 0.924. The van der Waals surface area contributed by atoms with Gasteiger partial charge in [-0.3, -0.25) is 0 Å². The number of rotatable bonds is 2. The standard InChI is InChI=1S/C12H10S.C7H8O/c1-3-7-11(8-4-1)13-12-9-5-2-6-10-12;1-6-4-2-3-5-7(6)8/h1-10H;2-5,8H,1H3. The van der Waals surface area contributed by atoms with E-state index in [1.165, 1.54) is 9.79 Å². The summed E-state index contributed by atoms with van der Waals surface area (Å²) >= 11 is 1.79. The number of para-hydroxylation sites is 1. The van der Waals surface area contributed by atoms with E-state index in [0.717, 1.165) is 5.56 Å². The molecule has 0 saturated carbocycles. The van der Waals surface area contributed by atoms with Crippen molar-refractivity contribution in [3.8, 4) is 5.75 Å². The molecule has 0 heterocycles. The highest BCUT2D eigenvalue weighted by atomic mass is 32.2. The summed E-state index contributed by atoms with van der Waals surface area (Å²) in [4.78, 5) is 2.57. The van der Waals surface area contributed by atoms with Crippen molar-refractivity contribution in [3.63, 3.8) is 0 Å². The molecule has 1 nitrogen and oxygen atoms in total. The van der Waals surface area contributed by atoms with E-state index >= 15 is 0 Å². The fraction of sp³-hybridized carbons (Fsp3) is 0.0526. The average Bonchev–Trinajstić information content (AvgIpc) is 2.53. The van der Waals surface area contributed by atoms with Gasteiger partial charge in [0.2, 0.25) is 0 Å². The van der Waals surface area contributed by atoms with Crippen LogP contribution in [-0.4, -0.2) is 5.11 Å². The Morgan fingerprint density at radius 3 is 1.43 bits per heavy atom. The first kappa shape index (κ1) is 15.2. The Hall–Kier alpha value is -2.19. The summed E-state index contributed by atoms with van der Waals surface area (Å²) in [7, 11) is 0. The van der Waals surface area contributed by atoms with Crippen molar-refractivity contribution in [2.45, 2.75) is 16.7 Å². The molecule has 0 unspecified atom stereocenters. The van der Waals surface area contributed by atoms with Crippen LogP contribution in [0.5, 0.6) is 5.75 Å². The van der Waals surface area contributed by atoms with Crippen LogP contribution in [0.1, 0.15) is 5.56 Å². The van der Waals surface area contributed by atoms with Crippen molar-refractivity contribution >= 4 is 11.8 Å². The van der Waals surface area contributed by atoms with Gasteiger partial charge in [0.15, 0.2) is 0 Å². The van der Waals surface area contributed by atoms with Gasteiger partial charge in [0.05, 0.1) is 0 Å². The monoisotopic (exact) mass is 294 g/mol. The van der Waals surface area contributed by atoms with Gasteiger partial charge >= 0.3 is 0 Å². The smallest absolute Gasteiger partial charge is 0.118 e. The lowest BCUT2D eigenvalue weighted by atomic mass is 10.2. The molecule has 0 radical (unpaired) electrons. The molecular formula is C19H18OS. The van der Waals surface area contributed by atoms with Crippen LogP contribution in [0, 0.1) is 6.92 Å². The summed E-state index contributed by atoms with van der Waals surface area (Å²) in [5.74, 6) is 0.368. The van der Waals surface area contributed by atoms with E-state index in [1.54, 1.807) is 17.8 Å². The second kappa shape index (κ2) is 8.18. The molecule has 106 valence electrons. The topological polar surface area (TPSA) is 20.2 Å². The number of phenolic OH excluding ortho intramolecular Hbond substituents is 1. The van der Waals surface area contributed by atoms with Gasteiger partial charge in [-0.1, -0.05) is 66.4 Å². The lowest BCUT2D eigenvalue weighted by molar-refractivity contribution is 0.471. The Morgan fingerprint density at radius 1 is 0.619 bits per heavy atom. The van der Waals surface area contributed by atoms with Crippen LogP contribution in [-0.2, 0) is 0 Å². The van der Waals surface area contributed by atoms with E-state index in [9.17, 15) is 0 Å². The zero-order chi connectivity index (χ0) is 14.9. The first-order valence-electron chi connectivity index (χ1n) is 6.78. The number of aromatic hydroxyl groups is 1. The molecule has 0 aliphatic rings. The number of hydrogen-bond donors (Lipinski definition) is 1. The van der Waals surface area contributed by atoms with E-state index in [1.807, 2.05) is 37.3 Å². The summed E-state index contributed by atoms with van der Waals surface area (Å²) < 4.78 is 0. The van der Waals surface area contributed by atoms with Gasteiger partial charge in [0, 0.05) is 9.79 Å². The van der Waals surface area contributed by atoms with Crippen LogP contribution < -0.4 is 0 Å². The van der Waals surface area contributed by atoms with Gasteiger partial charge in [0.25, 0.3) is 0 Å². The Labute approximate surface area is 130 Å². The van der Waals surface area contributed by atoms with Gasteiger partial charge in [-0.25, -0.2) is 0 Å². The third-order valence-corrected chi connectivity index (χ3v) is 3.85. The predicted molar refractivity (Wildman–Crippen MR) is 89.9 cm³/mol. The highest BCUT2D eigenvalue weighted by Crippen LogP contribution is 2.26. The maximum atomic E-state index is 8.92. The van der Waals surface area contributed by atoms with Gasteiger partial charge in [-0.05, 0) is 42.8 Å². The number of phenols is 1. The largest absolute Gasteiger partial charge is 0.508 e. The minimum atomic E-state index is 0.368. The molecule has 0 aliphatic heterocycles. The van der Waals surface area contributed by atoms with Crippen molar-refractivity contribution in [2.75, 3.05) is 0 Å². The van der Waals surface area contributed by atoms with Crippen LogP contribution in [0.15, 0.2) is 94.7 Å². The van der Waals surface area contributed by atoms with Crippen LogP contribution in [0.2, 0.25) is 0 Å². The van der Waals surface area contributed by atoms with Crippen molar-refractivity contribution in [1.29, 1.82) is 0 Å². The number of benzene rings is 3. The normalized spacial score (nSPS) is 9.57. The first-order valence-corrected chi connectivity index (χ1v) is 7.60. The van der Waals surface area contributed by atoms with Crippen LogP contribution in [0.4, 0.5) is 0 Å². The Bertz CT molecular complexity index is 592. The average molecular weight is 294 g/mol. The molecule has 0 saturated heterocycles. The minimum Gasteiger partial charge on any atom is -0.508 e. The summed E-state index contributed by atoms with van der Waals surface area (Å²) in [6, 6.07) is 28.1. The van der Waals surface area contributed by atoms with Crippen LogP contribution in [0.25, 0.3) is 0 Å². The third-order valence-electron chi connectivity index (χ3n) is 2.84. The molecule has 0 aromatic heterocycles. The van der Waals surface area contributed by atoms with Crippen molar-refractivity contribution < 1.29 is 5.11 Å². The fourth-order valence-corrected chi connectivity index (χ4v) is 2.54. The van der Waals surface area contributed by atoms with E-state index in [0.29, 0.717) is 5.75 Å². The van der Waals surface area contributed by atoms with Crippen LogP contribution in [0.3, 0.4) is 0 Å². The van der Waals surface area contributed by atoms with E-state index in [4.69, 9.17) is 5.11 Å². The number of hydrogen-bond acceptors (Lipinski definition) is 2. The molecule has 3 aromatic carbocycles. The molecule has 3 aromatic rings. The van der Waals surface area contributed by atoms with Gasteiger partial charge in [-0.15, -0.1) is 0 Å². The Kier molecular flexibility index (Phi) is 5.92. The minimum absolute atomic E-state index is 0.368. The fourth-order valence-electron chi connectivity index (χ4n) is 1.68. The molecule has 0 aliphatic carbocycles. The van der Waals surface area contributed by atoms with Crippen molar-refractivity contribution in [1.82, 2.24) is 0 Å². The van der Waals surface area contributed by atoms with Crippen LogP contribution >= 0.6 is 11.8 Å². The first-order chi connectivity index (χ1) is 10.3. The van der Waals surface area contributed by atoms with E-state index in [2.05, 4.69) is 48.5 Å². The molecular weight excluding hydrogens is 276 g/mol. The molecule has 21 heavy (non-hydrogen) atoms. The van der Waals surface area contributed by atoms with Gasteiger partial charge in [0.1, 0.15) is 5.75 Å². The molecule has 0 fully saturated rings. The van der Waals surface area contributed by atoms with E-state index < -0.39 is 0 Å². The SMILES string of the molecule is Cc1ccccc1O.c1ccc(Sc2ccccc2)cc1. The predicted octanol–water partition coefficient (Wildman–Crippen LogP) is 5.54. The molecule has 3 rings (SSSR count). The molecule has 0 amide bonds. The second-order valence-electron chi connectivity index (χ2n) is 4.51. The third kappa shape index (κ3) is 5.36. The molecule has 2 heteroatoms. The summed E-state index contributed by atoms with van der Waals surface area (Å²) in [5, 5.41) is 8.92. The summed E-state index contributed by atoms with van der Waals surface area (Å²) in [6.07, 6.45) is 0. The molecule has 0 atom stereocenters. The maximum absolute atomic E-state index is 8.92. The Balaban J connectivity index is 0.000000173. The molecule has 0 spiro atoms.